The summed E-state index contributed by atoms with van der Waals surface area (Å²) in [6.07, 6.45) is -4.01. The van der Waals surface area contributed by atoms with E-state index in [1.807, 2.05) is 0 Å². The minimum absolute atomic E-state index is 0.246. The van der Waals surface area contributed by atoms with E-state index in [2.05, 4.69) is 0 Å². The molecule has 2 N–H and O–H groups in total. The zero-order chi connectivity index (χ0) is 17.5. The van der Waals surface area contributed by atoms with Crippen LogP contribution in [0.4, 0.5) is 13.2 Å². The topological polar surface area (TPSA) is 63.4 Å². The van der Waals surface area contributed by atoms with Crippen molar-refractivity contribution >= 4 is 23.2 Å². The van der Waals surface area contributed by atoms with Crippen LogP contribution in [0, 0.1) is 0 Å². The van der Waals surface area contributed by atoms with Crippen LogP contribution in [0.2, 0.25) is 0 Å². The zero-order valence-electron chi connectivity index (χ0n) is 12.4. The first-order valence-electron chi connectivity index (χ1n) is 7.12. The van der Waals surface area contributed by atoms with E-state index in [4.69, 9.17) is 5.73 Å². The maximum Gasteiger partial charge on any atom is 0.416 e. The summed E-state index contributed by atoms with van der Waals surface area (Å²) in [6.45, 7) is 0.576. The second-order valence-corrected chi connectivity index (χ2v) is 6.43. The predicted molar refractivity (Wildman–Crippen MR) is 82.7 cm³/mol. The summed E-state index contributed by atoms with van der Waals surface area (Å²) in [5.74, 6) is -0.855. The van der Waals surface area contributed by atoms with Gasteiger partial charge in [0.15, 0.2) is 0 Å². The van der Waals surface area contributed by atoms with Gasteiger partial charge in [0.1, 0.15) is 0 Å². The summed E-state index contributed by atoms with van der Waals surface area (Å²) in [7, 11) is 0. The van der Waals surface area contributed by atoms with Gasteiger partial charge >= 0.3 is 6.18 Å². The molecule has 24 heavy (non-hydrogen) atoms. The quantitative estimate of drug-likeness (QED) is 0.901. The second-order valence-electron chi connectivity index (χ2n) is 5.52. The molecule has 0 saturated heterocycles. The minimum atomic E-state index is -4.37. The van der Waals surface area contributed by atoms with Crippen LogP contribution >= 0.6 is 11.3 Å². The van der Waals surface area contributed by atoms with Gasteiger partial charge in [0.2, 0.25) is 5.91 Å². The molecule has 4 nitrogen and oxygen atoms in total. The number of alkyl halides is 3. The number of hydrogen-bond donors (Lipinski definition) is 1. The van der Waals surface area contributed by atoms with Crippen LogP contribution in [-0.4, -0.2) is 23.3 Å². The van der Waals surface area contributed by atoms with Gasteiger partial charge in [0.25, 0.3) is 5.91 Å². The van der Waals surface area contributed by atoms with E-state index in [1.165, 1.54) is 17.5 Å². The van der Waals surface area contributed by atoms with Crippen molar-refractivity contribution in [3.05, 3.63) is 56.8 Å². The number of carbonyl (C=O) groups excluding carboxylic acids is 2. The number of primary amides is 1. The van der Waals surface area contributed by atoms with Gasteiger partial charge in [-0.2, -0.15) is 13.2 Å². The number of nitrogens with two attached hydrogens (primary N) is 1. The first-order valence-corrected chi connectivity index (χ1v) is 8.00. The molecule has 0 bridgehead atoms. The van der Waals surface area contributed by atoms with E-state index >= 15 is 0 Å². The summed E-state index contributed by atoms with van der Waals surface area (Å²) < 4.78 is 38.3. The number of hydrogen-bond acceptors (Lipinski definition) is 3. The molecule has 3 rings (SSSR count). The lowest BCUT2D eigenvalue weighted by Crippen LogP contribution is -2.35. The number of fused-ring (bicyclic) bond motifs is 1. The molecule has 0 atom stereocenters. The van der Waals surface area contributed by atoms with Crippen LogP contribution in [0.25, 0.3) is 0 Å². The molecule has 0 saturated carbocycles. The highest BCUT2D eigenvalue weighted by Gasteiger charge is 2.32. The third-order valence-corrected chi connectivity index (χ3v) is 4.85. The highest BCUT2D eigenvalue weighted by Crippen LogP contribution is 2.32. The van der Waals surface area contributed by atoms with Crippen LogP contribution < -0.4 is 5.73 Å². The highest BCUT2D eigenvalue weighted by atomic mass is 32.1. The van der Waals surface area contributed by atoms with E-state index in [1.54, 1.807) is 4.90 Å². The maximum absolute atomic E-state index is 12.8. The van der Waals surface area contributed by atoms with Gasteiger partial charge < -0.3 is 10.6 Å². The minimum Gasteiger partial charge on any atom is -0.366 e. The highest BCUT2D eigenvalue weighted by molar-refractivity contribution is 7.12. The Kier molecular flexibility index (Phi) is 4.08. The van der Waals surface area contributed by atoms with Crippen molar-refractivity contribution in [3.8, 4) is 0 Å². The number of halogens is 3. The summed E-state index contributed by atoms with van der Waals surface area (Å²) in [5, 5.41) is 1.52. The third-order valence-electron chi connectivity index (χ3n) is 3.93. The Morgan fingerprint density at radius 2 is 1.92 bits per heavy atom. The van der Waals surface area contributed by atoms with E-state index in [9.17, 15) is 22.8 Å². The number of amides is 2. The fourth-order valence-electron chi connectivity index (χ4n) is 2.64. The lowest BCUT2D eigenvalue weighted by atomic mass is 9.97. The van der Waals surface area contributed by atoms with Crippen LogP contribution in [0.3, 0.4) is 0 Å². The monoisotopic (exact) mass is 354 g/mol. The molecule has 0 radical (unpaired) electrons. The van der Waals surface area contributed by atoms with Gasteiger partial charge in [-0.05, 0) is 35.7 Å². The molecule has 2 aromatic rings. The van der Waals surface area contributed by atoms with E-state index in [0.717, 1.165) is 23.5 Å². The van der Waals surface area contributed by atoms with Gasteiger partial charge in [-0.25, -0.2) is 0 Å². The number of benzene rings is 1. The first kappa shape index (κ1) is 16.5. The predicted octanol–water partition coefficient (Wildman–Crippen LogP) is 3.06. The van der Waals surface area contributed by atoms with Gasteiger partial charge in [-0.1, -0.05) is 6.07 Å². The molecule has 126 valence electrons. The van der Waals surface area contributed by atoms with Gasteiger partial charge in [0, 0.05) is 18.5 Å². The van der Waals surface area contributed by atoms with Crippen molar-refractivity contribution in [2.45, 2.75) is 19.1 Å². The first-order chi connectivity index (χ1) is 11.3. The number of rotatable bonds is 2. The Bertz CT molecular complexity index is 814. The SMILES string of the molecule is NC(=O)c1csc(C(=O)N2CCc3cc(C(F)(F)F)ccc3C2)c1. The summed E-state index contributed by atoms with van der Waals surface area (Å²) >= 11 is 1.13. The number of thiophene rings is 1. The lowest BCUT2D eigenvalue weighted by Gasteiger charge is -2.29. The zero-order valence-corrected chi connectivity index (χ0v) is 13.2. The molecule has 2 heterocycles. The Balaban J connectivity index is 1.79. The van der Waals surface area contributed by atoms with Crippen LogP contribution in [0.5, 0.6) is 0 Å². The molecule has 8 heteroatoms. The Morgan fingerprint density at radius 3 is 2.54 bits per heavy atom. The molecule has 0 unspecified atom stereocenters. The summed E-state index contributed by atoms with van der Waals surface area (Å²) in [6, 6.07) is 5.04. The van der Waals surface area contributed by atoms with Crippen molar-refractivity contribution < 1.29 is 22.8 Å². The van der Waals surface area contributed by atoms with Crippen molar-refractivity contribution in [1.29, 1.82) is 0 Å². The largest absolute Gasteiger partial charge is 0.416 e. The van der Waals surface area contributed by atoms with Gasteiger partial charge in [0.05, 0.1) is 16.0 Å². The second kappa shape index (κ2) is 5.94. The molecule has 1 aliphatic rings. The number of carbonyl (C=O) groups is 2. The van der Waals surface area contributed by atoms with Gasteiger partial charge in [-0.3, -0.25) is 9.59 Å². The van der Waals surface area contributed by atoms with Crippen LogP contribution in [0.1, 0.15) is 36.7 Å². The van der Waals surface area contributed by atoms with Crippen LogP contribution in [-0.2, 0) is 19.1 Å². The van der Waals surface area contributed by atoms with Crippen LogP contribution in [0.15, 0.2) is 29.6 Å². The average molecular weight is 354 g/mol. The maximum atomic E-state index is 12.8. The standard InChI is InChI=1S/C16H13F3N2O2S/c17-16(18,19)12-2-1-10-7-21(4-3-9(10)5-12)15(23)13-6-11(8-24-13)14(20)22/h1-2,5-6,8H,3-4,7H2,(H2,20,22). The molecule has 0 aliphatic carbocycles. The fourth-order valence-corrected chi connectivity index (χ4v) is 3.50. The average Bonchev–Trinajstić information content (AvgIpc) is 3.02. The molecule has 1 aromatic heterocycles. The number of nitrogens with zero attached hydrogens (tertiary/aromatic N) is 1. The lowest BCUT2D eigenvalue weighted by molar-refractivity contribution is -0.137. The molecular formula is C16H13F3N2O2S. The normalized spacial score (nSPS) is 14.4. The van der Waals surface area contributed by atoms with Crippen molar-refractivity contribution in [2.24, 2.45) is 5.73 Å². The Morgan fingerprint density at radius 1 is 1.17 bits per heavy atom. The smallest absolute Gasteiger partial charge is 0.366 e. The van der Waals surface area contributed by atoms with Crippen molar-refractivity contribution in [1.82, 2.24) is 4.90 Å². The van der Waals surface area contributed by atoms with E-state index in [0.29, 0.717) is 29.0 Å². The third kappa shape index (κ3) is 3.14. The Labute approximate surface area is 139 Å². The van der Waals surface area contributed by atoms with Crippen molar-refractivity contribution in [2.75, 3.05) is 6.54 Å². The molecule has 1 aliphatic heterocycles. The molecular weight excluding hydrogens is 341 g/mol. The van der Waals surface area contributed by atoms with E-state index < -0.39 is 17.6 Å². The Hall–Kier alpha value is -2.35. The van der Waals surface area contributed by atoms with Crippen molar-refractivity contribution in [3.63, 3.8) is 0 Å². The van der Waals surface area contributed by atoms with Gasteiger partial charge in [-0.15, -0.1) is 11.3 Å². The molecule has 2 amide bonds. The molecule has 0 fully saturated rings. The fraction of sp³-hybridized carbons (Fsp3) is 0.250. The molecule has 0 spiro atoms. The summed E-state index contributed by atoms with van der Waals surface area (Å²) in [5.41, 5.74) is 6.08. The molecule has 1 aromatic carbocycles. The summed E-state index contributed by atoms with van der Waals surface area (Å²) in [4.78, 5) is 25.5. The van der Waals surface area contributed by atoms with E-state index in [-0.39, 0.29) is 18.0 Å².